The van der Waals surface area contributed by atoms with Crippen LogP contribution in [0, 0.1) is 0 Å². The lowest BCUT2D eigenvalue weighted by atomic mass is 10.1. The highest BCUT2D eigenvalue weighted by atomic mass is 35.5. The van der Waals surface area contributed by atoms with Gasteiger partial charge in [0.05, 0.1) is 16.2 Å². The fourth-order valence-corrected chi connectivity index (χ4v) is 2.21. The lowest BCUT2D eigenvalue weighted by Gasteiger charge is -1.97. The number of aryl methyl sites for hydroxylation is 2. The smallest absolute Gasteiger partial charge is 0.0665 e. The van der Waals surface area contributed by atoms with E-state index < -0.39 is 0 Å². The fraction of sp³-hybridized carbons (Fsp3) is 0.133. The third kappa shape index (κ3) is 2.39. The van der Waals surface area contributed by atoms with E-state index in [0.29, 0.717) is 5.02 Å². The van der Waals surface area contributed by atoms with Crippen LogP contribution in [0.5, 0.6) is 0 Å². The number of benzene rings is 1. The summed E-state index contributed by atoms with van der Waals surface area (Å²) in [4.78, 5) is 0. The van der Waals surface area contributed by atoms with Crippen LogP contribution in [0.15, 0.2) is 54.7 Å². The quantitative estimate of drug-likeness (QED) is 0.697. The van der Waals surface area contributed by atoms with Crippen LogP contribution in [0.4, 0.5) is 0 Å². The summed E-state index contributed by atoms with van der Waals surface area (Å²) < 4.78 is 1.84. The van der Waals surface area contributed by atoms with Crippen LogP contribution in [0.3, 0.4) is 0 Å². The van der Waals surface area contributed by atoms with Crippen LogP contribution >= 0.6 is 11.6 Å². The van der Waals surface area contributed by atoms with E-state index in [-0.39, 0.29) is 0 Å². The second-order valence-electron chi connectivity index (χ2n) is 4.34. The number of fused-ring (bicyclic) bond motifs is 1. The number of halogens is 1. The highest BCUT2D eigenvalue weighted by molar-refractivity contribution is 6.30. The first kappa shape index (κ1) is 11.3. The first-order valence-corrected chi connectivity index (χ1v) is 6.37. The number of hydrogen-bond donors (Lipinski definition) is 0. The summed E-state index contributed by atoms with van der Waals surface area (Å²) in [5.41, 5.74) is 3.52. The minimum Gasteiger partial charge on any atom is -0.239 e. The minimum absolute atomic E-state index is 0.709. The van der Waals surface area contributed by atoms with E-state index in [4.69, 9.17) is 11.6 Å². The van der Waals surface area contributed by atoms with Crippen LogP contribution in [0.2, 0.25) is 5.02 Å². The Hall–Kier alpha value is -1.80. The molecular weight excluding hydrogens is 244 g/mol. The second kappa shape index (κ2) is 4.83. The molecule has 3 aromatic rings. The Kier molecular flexibility index (Phi) is 3.03. The van der Waals surface area contributed by atoms with Gasteiger partial charge in [0, 0.05) is 6.20 Å². The molecular formula is C15H13ClN2. The first-order valence-electron chi connectivity index (χ1n) is 5.99. The number of rotatable bonds is 3. The predicted octanol–water partition coefficient (Wildman–Crippen LogP) is 3.77. The molecule has 0 N–H and O–H groups in total. The molecule has 0 amide bonds. The second-order valence-corrected chi connectivity index (χ2v) is 4.77. The standard InChI is InChI=1S/C15H13ClN2/c16-13-7-9-15-10-14(17-18(15)11-13)8-6-12-4-2-1-3-5-12/h1-5,7,9-11H,6,8H2. The maximum absolute atomic E-state index is 5.94. The number of hydrogen-bond acceptors (Lipinski definition) is 1. The van der Waals surface area contributed by atoms with Gasteiger partial charge in [0.1, 0.15) is 0 Å². The van der Waals surface area contributed by atoms with Crippen LogP contribution < -0.4 is 0 Å². The molecule has 2 heterocycles. The molecule has 1 aromatic carbocycles. The Bertz CT molecular complexity index is 659. The topological polar surface area (TPSA) is 17.3 Å². The van der Waals surface area contributed by atoms with Crippen molar-refractivity contribution in [2.45, 2.75) is 12.8 Å². The van der Waals surface area contributed by atoms with E-state index in [1.165, 1.54) is 5.56 Å². The molecule has 3 heteroatoms. The number of pyridine rings is 1. The van der Waals surface area contributed by atoms with Crippen molar-refractivity contribution in [1.29, 1.82) is 0 Å². The van der Waals surface area contributed by atoms with Gasteiger partial charge in [-0.2, -0.15) is 5.10 Å². The molecule has 0 saturated heterocycles. The zero-order valence-corrected chi connectivity index (χ0v) is 10.6. The molecule has 0 aliphatic carbocycles. The monoisotopic (exact) mass is 256 g/mol. The van der Waals surface area contributed by atoms with E-state index in [0.717, 1.165) is 24.1 Å². The van der Waals surface area contributed by atoms with Gasteiger partial charge in [0.2, 0.25) is 0 Å². The zero-order chi connectivity index (χ0) is 12.4. The van der Waals surface area contributed by atoms with Crippen LogP contribution in [0.25, 0.3) is 5.52 Å². The van der Waals surface area contributed by atoms with E-state index in [1.807, 2.05) is 28.9 Å². The van der Waals surface area contributed by atoms with Gasteiger partial charge < -0.3 is 0 Å². The molecule has 0 atom stereocenters. The molecule has 0 radical (unpaired) electrons. The average Bonchev–Trinajstić information content (AvgIpc) is 2.79. The minimum atomic E-state index is 0.709. The molecule has 90 valence electrons. The molecule has 2 aromatic heterocycles. The molecule has 0 fully saturated rings. The third-order valence-corrected chi connectivity index (χ3v) is 3.21. The highest BCUT2D eigenvalue weighted by Gasteiger charge is 2.02. The van der Waals surface area contributed by atoms with Crippen molar-refractivity contribution >= 4 is 17.1 Å². The van der Waals surface area contributed by atoms with Gasteiger partial charge in [-0.05, 0) is 36.6 Å². The van der Waals surface area contributed by atoms with E-state index in [1.54, 1.807) is 0 Å². The highest BCUT2D eigenvalue weighted by Crippen LogP contribution is 2.13. The molecule has 2 nitrogen and oxygen atoms in total. The third-order valence-electron chi connectivity index (χ3n) is 2.99. The lowest BCUT2D eigenvalue weighted by Crippen LogP contribution is -1.93. The molecule has 0 aliphatic rings. The zero-order valence-electron chi connectivity index (χ0n) is 9.88. The molecule has 0 spiro atoms. The Labute approximate surface area is 111 Å². The summed E-state index contributed by atoms with van der Waals surface area (Å²) in [5.74, 6) is 0. The van der Waals surface area contributed by atoms with Crippen molar-refractivity contribution in [3.05, 3.63) is 71.0 Å². The Balaban J connectivity index is 1.79. The van der Waals surface area contributed by atoms with Crippen molar-refractivity contribution in [1.82, 2.24) is 9.61 Å². The van der Waals surface area contributed by atoms with Gasteiger partial charge in [-0.1, -0.05) is 41.9 Å². The summed E-state index contributed by atoms with van der Waals surface area (Å²) in [7, 11) is 0. The average molecular weight is 257 g/mol. The van der Waals surface area contributed by atoms with Gasteiger partial charge in [0.15, 0.2) is 0 Å². The summed E-state index contributed by atoms with van der Waals surface area (Å²) in [6, 6.07) is 16.5. The van der Waals surface area contributed by atoms with E-state index in [9.17, 15) is 0 Å². The van der Waals surface area contributed by atoms with Gasteiger partial charge >= 0.3 is 0 Å². The van der Waals surface area contributed by atoms with E-state index in [2.05, 4.69) is 35.4 Å². The lowest BCUT2D eigenvalue weighted by molar-refractivity contribution is 0.854. The Morgan fingerprint density at radius 2 is 1.83 bits per heavy atom. The van der Waals surface area contributed by atoms with E-state index >= 15 is 0 Å². The van der Waals surface area contributed by atoms with Gasteiger partial charge in [-0.25, -0.2) is 4.52 Å². The van der Waals surface area contributed by atoms with Crippen LogP contribution in [0.1, 0.15) is 11.3 Å². The Morgan fingerprint density at radius 3 is 2.67 bits per heavy atom. The Morgan fingerprint density at radius 1 is 1.00 bits per heavy atom. The first-order chi connectivity index (χ1) is 8.81. The number of nitrogens with zero attached hydrogens (tertiary/aromatic N) is 2. The van der Waals surface area contributed by atoms with Crippen LogP contribution in [-0.2, 0) is 12.8 Å². The molecule has 0 aliphatic heterocycles. The van der Waals surface area contributed by atoms with Gasteiger partial charge in [-0.3, -0.25) is 0 Å². The molecule has 0 saturated carbocycles. The summed E-state index contributed by atoms with van der Waals surface area (Å²) in [6.45, 7) is 0. The number of aromatic nitrogens is 2. The van der Waals surface area contributed by atoms with Crippen molar-refractivity contribution in [3.63, 3.8) is 0 Å². The fourth-order valence-electron chi connectivity index (χ4n) is 2.05. The molecule has 18 heavy (non-hydrogen) atoms. The molecule has 3 rings (SSSR count). The molecule has 0 bridgehead atoms. The molecule has 0 unspecified atom stereocenters. The maximum Gasteiger partial charge on any atom is 0.0665 e. The summed E-state index contributed by atoms with van der Waals surface area (Å²) in [6.07, 6.45) is 3.80. The van der Waals surface area contributed by atoms with Crippen molar-refractivity contribution in [2.24, 2.45) is 0 Å². The van der Waals surface area contributed by atoms with Crippen molar-refractivity contribution < 1.29 is 0 Å². The predicted molar refractivity (Wildman–Crippen MR) is 74.1 cm³/mol. The maximum atomic E-state index is 5.94. The van der Waals surface area contributed by atoms with Crippen molar-refractivity contribution in [3.8, 4) is 0 Å². The SMILES string of the molecule is Clc1ccc2cc(CCc3ccccc3)nn2c1. The van der Waals surface area contributed by atoms with Gasteiger partial charge in [-0.15, -0.1) is 0 Å². The van der Waals surface area contributed by atoms with Crippen molar-refractivity contribution in [2.75, 3.05) is 0 Å². The largest absolute Gasteiger partial charge is 0.239 e. The summed E-state index contributed by atoms with van der Waals surface area (Å²) in [5, 5.41) is 5.23. The summed E-state index contributed by atoms with van der Waals surface area (Å²) >= 11 is 5.94. The van der Waals surface area contributed by atoms with Gasteiger partial charge in [0.25, 0.3) is 0 Å². The normalized spacial score (nSPS) is 10.9. The van der Waals surface area contributed by atoms with Crippen LogP contribution in [-0.4, -0.2) is 9.61 Å².